The van der Waals surface area contributed by atoms with Crippen LogP contribution in [0.4, 0.5) is 0 Å². The summed E-state index contributed by atoms with van der Waals surface area (Å²) in [5.74, 6) is 0. The molecule has 0 aromatic rings. The van der Waals surface area contributed by atoms with Crippen LogP contribution in [0, 0.1) is 0 Å². The highest BCUT2D eigenvalue weighted by Gasteiger charge is 2.05. The van der Waals surface area contributed by atoms with Crippen molar-refractivity contribution in [1.29, 1.82) is 0 Å². The Balaban J connectivity index is 3.65. The Bertz CT molecular complexity index is 74.5. The van der Waals surface area contributed by atoms with Gasteiger partial charge in [0.1, 0.15) is 0 Å². The van der Waals surface area contributed by atoms with E-state index >= 15 is 0 Å². The van der Waals surface area contributed by atoms with Gasteiger partial charge in [0.05, 0.1) is 17.6 Å². The molecule has 0 saturated carbocycles. The molecule has 8 heavy (non-hydrogen) atoms. The number of hydrogen-bond donors (Lipinski definition) is 0. The molecule has 0 N–H and O–H groups in total. The standard InChI is InChI=1S/C6H16Si2/c1-6(7(2)3)8(4)5/h7-8H,1H2,2-5H3. The largest absolute Gasteiger partial charge is 0.108 e. The van der Waals surface area contributed by atoms with Gasteiger partial charge in [0.2, 0.25) is 0 Å². The van der Waals surface area contributed by atoms with Crippen molar-refractivity contribution in [3.05, 3.63) is 11.4 Å². The quantitative estimate of drug-likeness (QED) is 0.516. The summed E-state index contributed by atoms with van der Waals surface area (Å²) in [6.45, 7) is 13.5. The maximum absolute atomic E-state index is 4.08. The molecule has 2 heteroatoms. The lowest BCUT2D eigenvalue weighted by molar-refractivity contribution is 1.86. The monoisotopic (exact) mass is 144 g/mol. The van der Waals surface area contributed by atoms with Crippen LogP contribution in [0.5, 0.6) is 0 Å². The molecule has 0 aromatic carbocycles. The summed E-state index contributed by atoms with van der Waals surface area (Å²) in [7, 11) is -0.910. The molecule has 0 aliphatic heterocycles. The fourth-order valence-electron chi connectivity index (χ4n) is 0.667. The maximum Gasteiger partial charge on any atom is 0.0537 e. The van der Waals surface area contributed by atoms with Crippen molar-refractivity contribution < 1.29 is 0 Å². The van der Waals surface area contributed by atoms with E-state index in [0.717, 1.165) is 0 Å². The summed E-state index contributed by atoms with van der Waals surface area (Å²) in [5.41, 5.74) is 0. The molecule has 48 valence electrons. The minimum atomic E-state index is -0.455. The highest BCUT2D eigenvalue weighted by atomic mass is 28.3. The Kier molecular flexibility index (Phi) is 3.32. The Morgan fingerprint density at radius 1 is 1.00 bits per heavy atom. The third kappa shape index (κ3) is 2.47. The predicted octanol–water partition coefficient (Wildman–Crippen LogP) is 1.59. The van der Waals surface area contributed by atoms with E-state index in [0.29, 0.717) is 0 Å². The van der Waals surface area contributed by atoms with E-state index in [2.05, 4.69) is 32.8 Å². The van der Waals surface area contributed by atoms with E-state index in [1.54, 1.807) is 4.82 Å². The minimum Gasteiger partial charge on any atom is -0.108 e. The van der Waals surface area contributed by atoms with Crippen molar-refractivity contribution in [3.63, 3.8) is 0 Å². The summed E-state index contributed by atoms with van der Waals surface area (Å²) in [4.78, 5) is 1.63. The van der Waals surface area contributed by atoms with Crippen LogP contribution >= 0.6 is 0 Å². The molecular weight excluding hydrogens is 128 g/mol. The van der Waals surface area contributed by atoms with Gasteiger partial charge in [-0.2, -0.15) is 0 Å². The van der Waals surface area contributed by atoms with E-state index < -0.39 is 17.6 Å². The first kappa shape index (κ1) is 8.17. The molecule has 0 aliphatic rings. The first-order valence-corrected chi connectivity index (χ1v) is 9.01. The summed E-state index contributed by atoms with van der Waals surface area (Å²) < 4.78 is 0. The van der Waals surface area contributed by atoms with E-state index in [-0.39, 0.29) is 0 Å². The Hall–Kier alpha value is 0.174. The molecule has 0 nitrogen and oxygen atoms in total. The van der Waals surface area contributed by atoms with Crippen molar-refractivity contribution in [2.75, 3.05) is 0 Å². The first-order chi connectivity index (χ1) is 3.55. The molecule has 0 saturated heterocycles. The van der Waals surface area contributed by atoms with E-state index in [1.165, 1.54) is 0 Å². The molecule has 0 unspecified atom stereocenters. The lowest BCUT2D eigenvalue weighted by Gasteiger charge is -2.09. The second-order valence-corrected chi connectivity index (χ2v) is 9.65. The van der Waals surface area contributed by atoms with Gasteiger partial charge in [0, 0.05) is 0 Å². The van der Waals surface area contributed by atoms with Crippen molar-refractivity contribution in [3.8, 4) is 0 Å². The van der Waals surface area contributed by atoms with Crippen LogP contribution in [0.3, 0.4) is 0 Å². The number of hydrogen-bond acceptors (Lipinski definition) is 0. The molecule has 0 rings (SSSR count). The van der Waals surface area contributed by atoms with Crippen molar-refractivity contribution >= 4 is 17.6 Å². The molecule has 0 radical (unpaired) electrons. The lowest BCUT2D eigenvalue weighted by atomic mass is 11.2. The van der Waals surface area contributed by atoms with Crippen molar-refractivity contribution in [2.24, 2.45) is 0 Å². The average Bonchev–Trinajstić information content (AvgIpc) is 1.64. The molecule has 0 aromatic heterocycles. The molecule has 0 spiro atoms. The van der Waals surface area contributed by atoms with Gasteiger partial charge in [0.15, 0.2) is 0 Å². The summed E-state index contributed by atoms with van der Waals surface area (Å²) in [6.07, 6.45) is 0. The topological polar surface area (TPSA) is 0 Å². The van der Waals surface area contributed by atoms with Crippen molar-refractivity contribution in [1.82, 2.24) is 0 Å². The molecule has 0 atom stereocenters. The third-order valence-electron chi connectivity index (χ3n) is 1.48. The van der Waals surface area contributed by atoms with E-state index in [1.807, 2.05) is 0 Å². The predicted molar refractivity (Wildman–Crippen MR) is 46.9 cm³/mol. The van der Waals surface area contributed by atoms with E-state index in [9.17, 15) is 0 Å². The van der Waals surface area contributed by atoms with Crippen LogP contribution in [0.1, 0.15) is 0 Å². The zero-order valence-electron chi connectivity index (χ0n) is 6.36. The van der Waals surface area contributed by atoms with Crippen LogP contribution < -0.4 is 0 Å². The maximum atomic E-state index is 4.08. The first-order valence-electron chi connectivity index (χ1n) is 3.24. The summed E-state index contributed by atoms with van der Waals surface area (Å²) in [6, 6.07) is 0. The van der Waals surface area contributed by atoms with E-state index in [4.69, 9.17) is 0 Å². The second-order valence-electron chi connectivity index (χ2n) is 2.88. The zero-order chi connectivity index (χ0) is 6.73. The van der Waals surface area contributed by atoms with Gasteiger partial charge in [-0.05, 0) is 0 Å². The lowest BCUT2D eigenvalue weighted by Crippen LogP contribution is -2.17. The smallest absolute Gasteiger partial charge is 0.0537 e. The molecule has 0 heterocycles. The van der Waals surface area contributed by atoms with Gasteiger partial charge < -0.3 is 0 Å². The Labute approximate surface area is 55.8 Å². The minimum absolute atomic E-state index is 0.455. The summed E-state index contributed by atoms with van der Waals surface area (Å²) in [5, 5.41) is 0. The van der Waals surface area contributed by atoms with Gasteiger partial charge in [0.25, 0.3) is 0 Å². The van der Waals surface area contributed by atoms with Crippen LogP contribution in [0.2, 0.25) is 26.2 Å². The highest BCUT2D eigenvalue weighted by molar-refractivity contribution is 6.86. The van der Waals surface area contributed by atoms with Gasteiger partial charge in [-0.3, -0.25) is 0 Å². The second kappa shape index (κ2) is 3.25. The third-order valence-corrected chi connectivity index (χ3v) is 8.45. The van der Waals surface area contributed by atoms with Crippen LogP contribution in [-0.2, 0) is 0 Å². The normalized spacial score (nSPS) is 10.8. The van der Waals surface area contributed by atoms with Crippen LogP contribution in [-0.4, -0.2) is 17.6 Å². The van der Waals surface area contributed by atoms with Gasteiger partial charge in [-0.25, -0.2) is 0 Å². The number of rotatable bonds is 2. The fraction of sp³-hybridized carbons (Fsp3) is 0.667. The summed E-state index contributed by atoms with van der Waals surface area (Å²) >= 11 is 0. The zero-order valence-corrected chi connectivity index (χ0v) is 8.67. The molecular formula is C6H16Si2. The molecule has 0 aliphatic carbocycles. The molecule has 0 bridgehead atoms. The SMILES string of the molecule is C=C([SiH](C)C)[SiH](C)C. The van der Waals surface area contributed by atoms with Gasteiger partial charge in [-0.15, -0.1) is 11.4 Å². The Morgan fingerprint density at radius 2 is 1.25 bits per heavy atom. The Morgan fingerprint density at radius 3 is 1.25 bits per heavy atom. The van der Waals surface area contributed by atoms with Crippen LogP contribution in [0.25, 0.3) is 0 Å². The highest BCUT2D eigenvalue weighted by Crippen LogP contribution is 2.01. The van der Waals surface area contributed by atoms with Gasteiger partial charge in [-0.1, -0.05) is 26.2 Å². The molecule has 0 amide bonds. The molecule has 0 fully saturated rings. The van der Waals surface area contributed by atoms with Crippen molar-refractivity contribution in [2.45, 2.75) is 26.2 Å². The van der Waals surface area contributed by atoms with Gasteiger partial charge >= 0.3 is 0 Å². The average molecular weight is 144 g/mol. The van der Waals surface area contributed by atoms with Crippen LogP contribution in [0.15, 0.2) is 11.4 Å². The fourth-order valence-corrected chi connectivity index (χ4v) is 6.00.